The van der Waals surface area contributed by atoms with E-state index < -0.39 is 56.9 Å². The van der Waals surface area contributed by atoms with E-state index in [2.05, 4.69) is 20.3 Å². The number of anilines is 2. The zero-order valence-electron chi connectivity index (χ0n) is 28.0. The number of imide groups is 1. The van der Waals surface area contributed by atoms with Crippen LogP contribution in [0, 0.1) is 24.5 Å². The van der Waals surface area contributed by atoms with Gasteiger partial charge in [-0.05, 0) is 73.5 Å². The maximum Gasteiger partial charge on any atom is 0.331 e. The van der Waals surface area contributed by atoms with Gasteiger partial charge in [-0.25, -0.2) is 31.7 Å². The van der Waals surface area contributed by atoms with E-state index in [0.717, 1.165) is 16.2 Å². The van der Waals surface area contributed by atoms with Crippen molar-refractivity contribution in [3.63, 3.8) is 0 Å². The molecule has 2 fully saturated rings. The summed E-state index contributed by atoms with van der Waals surface area (Å²) in [7, 11) is -2.67. The van der Waals surface area contributed by atoms with Gasteiger partial charge in [-0.3, -0.25) is 19.3 Å². The lowest BCUT2D eigenvalue weighted by Gasteiger charge is -2.45. The van der Waals surface area contributed by atoms with Crippen molar-refractivity contribution in [1.82, 2.24) is 20.5 Å². The van der Waals surface area contributed by atoms with Crippen molar-refractivity contribution in [2.75, 3.05) is 29.8 Å². The lowest BCUT2D eigenvalue weighted by Crippen LogP contribution is -2.65. The van der Waals surface area contributed by atoms with Gasteiger partial charge in [-0.15, -0.1) is 0 Å². The fourth-order valence-electron chi connectivity index (χ4n) is 6.31. The number of amides is 4. The van der Waals surface area contributed by atoms with E-state index in [0.29, 0.717) is 42.8 Å². The Hall–Kier alpha value is -5.74. The molecule has 3 heterocycles. The molecule has 0 spiro atoms. The van der Waals surface area contributed by atoms with Crippen molar-refractivity contribution in [1.29, 1.82) is 0 Å². The highest BCUT2D eigenvalue weighted by molar-refractivity contribution is 7.92. The number of piperidine rings is 1. The van der Waals surface area contributed by atoms with Crippen LogP contribution in [0.3, 0.4) is 0 Å². The number of fused-ring (bicyclic) bond motifs is 1. The number of halogens is 2. The minimum absolute atomic E-state index is 0.187. The summed E-state index contributed by atoms with van der Waals surface area (Å²) in [5.74, 6) is -6.42. The van der Waals surface area contributed by atoms with E-state index in [1.54, 1.807) is 25.4 Å². The van der Waals surface area contributed by atoms with Crippen LogP contribution in [0.1, 0.15) is 28.0 Å². The first-order valence-electron chi connectivity index (χ1n) is 16.2. The van der Waals surface area contributed by atoms with Crippen LogP contribution in [0.5, 0.6) is 0 Å². The number of nitrogens with one attached hydrogen (secondary N) is 3. The zero-order valence-corrected chi connectivity index (χ0v) is 28.8. The van der Waals surface area contributed by atoms with E-state index in [1.165, 1.54) is 41.3 Å². The van der Waals surface area contributed by atoms with E-state index >= 15 is 8.78 Å². The van der Waals surface area contributed by atoms with E-state index in [4.69, 9.17) is 0 Å². The van der Waals surface area contributed by atoms with Crippen molar-refractivity contribution >= 4 is 45.2 Å². The molecule has 270 valence electrons. The molecule has 52 heavy (non-hydrogen) atoms. The highest BCUT2D eigenvalue weighted by atomic mass is 32.2. The second-order valence-corrected chi connectivity index (χ2v) is 14.3. The van der Waals surface area contributed by atoms with Gasteiger partial charge in [0.25, 0.3) is 15.9 Å². The Kier molecular flexibility index (Phi) is 10.0. The van der Waals surface area contributed by atoms with Gasteiger partial charge in [0.2, 0.25) is 5.91 Å². The fourth-order valence-corrected chi connectivity index (χ4v) is 7.35. The molecule has 0 aliphatic carbocycles. The number of carbonyl (C=O) groups excluding carboxylic acids is 3. The number of sulfonamides is 1. The molecule has 3 atom stereocenters. The molecular weight excluding hydrogens is 698 g/mol. The van der Waals surface area contributed by atoms with Crippen LogP contribution in [0.2, 0.25) is 0 Å². The number of carboxylic acids is 1. The first-order valence-corrected chi connectivity index (χ1v) is 17.7. The van der Waals surface area contributed by atoms with Crippen molar-refractivity contribution in [3.05, 3.63) is 107 Å². The van der Waals surface area contributed by atoms with E-state index in [-0.39, 0.29) is 34.9 Å². The number of benzene rings is 3. The van der Waals surface area contributed by atoms with Crippen molar-refractivity contribution in [2.24, 2.45) is 5.92 Å². The number of carbonyl (C=O) groups is 4. The van der Waals surface area contributed by atoms with Crippen LogP contribution in [0.25, 0.3) is 11.1 Å². The third-order valence-electron chi connectivity index (χ3n) is 9.15. The normalized spacial score (nSPS) is 18.1. The Morgan fingerprint density at radius 2 is 1.65 bits per heavy atom. The number of rotatable bonds is 10. The van der Waals surface area contributed by atoms with Crippen molar-refractivity contribution in [2.45, 2.75) is 36.7 Å². The van der Waals surface area contributed by atoms with E-state index in [9.17, 15) is 32.7 Å². The van der Waals surface area contributed by atoms with Crippen molar-refractivity contribution in [3.8, 4) is 11.1 Å². The Morgan fingerprint density at radius 3 is 2.27 bits per heavy atom. The van der Waals surface area contributed by atoms with Crippen LogP contribution >= 0.6 is 0 Å². The molecule has 4 N–H and O–H groups in total. The largest absolute Gasteiger partial charge is 0.480 e. The van der Waals surface area contributed by atoms with Crippen LogP contribution in [-0.4, -0.2) is 79.4 Å². The standard InChI is InChI=1S/C36H34F2N6O7S/c1-20-3-6-23(18-40-20)22-7-11-26(12-8-22)52(50,51)42-24-16-28(37)32(29(38)17-24)33(45)41-30(35(47)48)15-21-4-9-25(10-5-21)44-34(46)27-13-14-39-19-31(27)43(2)36(44)49/h3-12,16-18,27,30-31,39,42H,13-15,19H2,1-2H3,(H,41,45)(H,47,48)/t27?,30-,31?/m0/s1. The number of hydrogen-bond donors (Lipinski definition) is 4. The smallest absolute Gasteiger partial charge is 0.331 e. The Bertz CT molecular complexity index is 2130. The summed E-state index contributed by atoms with van der Waals surface area (Å²) in [5.41, 5.74) is 1.34. The van der Waals surface area contributed by atoms with Gasteiger partial charge in [0, 0.05) is 37.5 Å². The van der Waals surface area contributed by atoms with Crippen LogP contribution < -0.4 is 20.3 Å². The molecule has 3 aromatic carbocycles. The Labute approximate surface area is 297 Å². The molecule has 2 unspecified atom stereocenters. The molecule has 4 aromatic rings. The van der Waals surface area contributed by atoms with Gasteiger partial charge in [0.1, 0.15) is 23.2 Å². The van der Waals surface area contributed by atoms with Gasteiger partial charge in [-0.2, -0.15) is 0 Å². The number of aryl methyl sites for hydroxylation is 1. The monoisotopic (exact) mass is 732 g/mol. The number of aromatic nitrogens is 1. The summed E-state index contributed by atoms with van der Waals surface area (Å²) in [5, 5.41) is 15.1. The maximum absolute atomic E-state index is 15.1. The lowest BCUT2D eigenvalue weighted by molar-refractivity contribution is -0.139. The molecule has 2 aliphatic heterocycles. The molecular formula is C36H34F2N6O7S. The molecule has 2 aliphatic rings. The quantitative estimate of drug-likeness (QED) is 0.188. The highest BCUT2D eigenvalue weighted by Gasteiger charge is 2.46. The summed E-state index contributed by atoms with van der Waals surface area (Å²) in [6, 6.07) is 14.2. The summed E-state index contributed by atoms with van der Waals surface area (Å²) >= 11 is 0. The van der Waals surface area contributed by atoms with Crippen LogP contribution in [0.4, 0.5) is 25.0 Å². The number of carboxylic acid groups (broad SMARTS) is 1. The van der Waals surface area contributed by atoms with Gasteiger partial charge >= 0.3 is 12.0 Å². The number of aliphatic carboxylic acids is 1. The van der Waals surface area contributed by atoms with Gasteiger partial charge < -0.3 is 20.6 Å². The Balaban J connectivity index is 1.12. The number of nitrogens with zero attached hydrogens (tertiary/aromatic N) is 3. The first kappa shape index (κ1) is 36.1. The number of urea groups is 1. The molecule has 0 bridgehead atoms. The molecule has 0 radical (unpaired) electrons. The summed E-state index contributed by atoms with van der Waals surface area (Å²) in [4.78, 5) is 58.0. The first-order chi connectivity index (χ1) is 24.7. The predicted octanol–water partition coefficient (Wildman–Crippen LogP) is 3.94. The van der Waals surface area contributed by atoms with Crippen LogP contribution in [0.15, 0.2) is 83.9 Å². The molecule has 2 saturated heterocycles. The van der Waals surface area contributed by atoms with Crippen molar-refractivity contribution < 1.29 is 41.5 Å². The minimum atomic E-state index is -4.30. The second kappa shape index (κ2) is 14.5. The SMILES string of the molecule is Cc1ccc(-c2ccc(S(=O)(=O)Nc3cc(F)c(C(=O)N[C@@H](Cc4ccc(N5C(=O)C6CCNCC6N(C)C5=O)cc4)C(=O)O)c(F)c3)cc2)cn1. The summed E-state index contributed by atoms with van der Waals surface area (Å²) in [6.07, 6.45) is 1.90. The molecule has 0 saturated carbocycles. The third-order valence-corrected chi connectivity index (χ3v) is 10.5. The van der Waals surface area contributed by atoms with Gasteiger partial charge in [0.05, 0.1) is 28.2 Å². The fraction of sp³-hybridized carbons (Fsp3) is 0.250. The molecule has 13 nitrogen and oxygen atoms in total. The molecule has 6 rings (SSSR count). The van der Waals surface area contributed by atoms with E-state index in [1.807, 2.05) is 19.1 Å². The summed E-state index contributed by atoms with van der Waals surface area (Å²) < 4.78 is 58.4. The van der Waals surface area contributed by atoms with Gasteiger partial charge in [-0.1, -0.05) is 30.3 Å². The van der Waals surface area contributed by atoms with Gasteiger partial charge in [0.15, 0.2) is 0 Å². The molecule has 16 heteroatoms. The topological polar surface area (TPSA) is 178 Å². The number of likely N-dealkylation sites (N-methyl/N-ethyl adjacent to an activating group) is 1. The Morgan fingerprint density at radius 1 is 1.00 bits per heavy atom. The predicted molar refractivity (Wildman–Crippen MR) is 186 cm³/mol. The number of pyridine rings is 1. The lowest BCUT2D eigenvalue weighted by atomic mass is 9.88. The number of hydrogen-bond acceptors (Lipinski definition) is 8. The average molecular weight is 733 g/mol. The van der Waals surface area contributed by atoms with Crippen LogP contribution in [-0.2, 0) is 26.0 Å². The zero-order chi connectivity index (χ0) is 37.3. The minimum Gasteiger partial charge on any atom is -0.480 e. The maximum atomic E-state index is 15.1. The average Bonchev–Trinajstić information content (AvgIpc) is 3.11. The molecule has 1 aromatic heterocycles. The second-order valence-electron chi connectivity index (χ2n) is 12.6. The summed E-state index contributed by atoms with van der Waals surface area (Å²) in [6.45, 7) is 2.98. The molecule has 4 amide bonds. The highest BCUT2D eigenvalue weighted by Crippen LogP contribution is 2.31. The third kappa shape index (κ3) is 7.34.